The van der Waals surface area contributed by atoms with Gasteiger partial charge in [-0.05, 0) is 36.4 Å². The molecule has 138 valence electrons. The first-order valence-corrected chi connectivity index (χ1v) is 8.77. The Morgan fingerprint density at radius 3 is 2.31 bits per heavy atom. The summed E-state index contributed by atoms with van der Waals surface area (Å²) in [5, 5.41) is 3.54. The van der Waals surface area contributed by atoms with Crippen LogP contribution in [0.2, 0.25) is 5.02 Å². The molecule has 0 aromatic heterocycles. The van der Waals surface area contributed by atoms with Crippen LogP contribution in [-0.2, 0) is 0 Å². The molecule has 2 aromatic carbocycles. The first-order valence-electron chi connectivity index (χ1n) is 8.39. The highest BCUT2D eigenvalue weighted by Gasteiger charge is 2.23. The van der Waals surface area contributed by atoms with Crippen LogP contribution in [-0.4, -0.2) is 51.3 Å². The predicted molar refractivity (Wildman–Crippen MR) is 104 cm³/mol. The zero-order valence-corrected chi connectivity index (χ0v) is 15.6. The Bertz CT molecular complexity index is 759. The van der Waals surface area contributed by atoms with Gasteiger partial charge in [-0.1, -0.05) is 11.6 Å². The number of benzene rings is 2. The number of piperazine rings is 1. The summed E-state index contributed by atoms with van der Waals surface area (Å²) in [6.45, 7) is 2.69. The monoisotopic (exact) mass is 375 g/mol. The average Bonchev–Trinajstić information content (AvgIpc) is 2.69. The number of ether oxygens (including phenoxy) is 2. The number of rotatable bonds is 4. The van der Waals surface area contributed by atoms with E-state index in [1.807, 2.05) is 18.2 Å². The number of anilines is 2. The van der Waals surface area contributed by atoms with E-state index in [9.17, 15) is 4.79 Å². The van der Waals surface area contributed by atoms with Crippen molar-refractivity contribution in [1.82, 2.24) is 4.90 Å². The van der Waals surface area contributed by atoms with Crippen LogP contribution in [0.4, 0.5) is 16.2 Å². The summed E-state index contributed by atoms with van der Waals surface area (Å²) in [6.07, 6.45) is 0. The van der Waals surface area contributed by atoms with Crippen molar-refractivity contribution in [2.45, 2.75) is 0 Å². The number of urea groups is 1. The normalized spacial score (nSPS) is 14.1. The lowest BCUT2D eigenvalue weighted by molar-refractivity contribution is 0.208. The second kappa shape index (κ2) is 8.19. The molecule has 3 rings (SSSR count). The van der Waals surface area contributed by atoms with Crippen LogP contribution in [0.15, 0.2) is 42.5 Å². The lowest BCUT2D eigenvalue weighted by Crippen LogP contribution is -2.50. The Kier molecular flexibility index (Phi) is 5.73. The van der Waals surface area contributed by atoms with Crippen LogP contribution in [0, 0.1) is 0 Å². The van der Waals surface area contributed by atoms with Crippen LogP contribution in [0.5, 0.6) is 11.5 Å². The van der Waals surface area contributed by atoms with Gasteiger partial charge in [-0.25, -0.2) is 4.79 Å². The Morgan fingerprint density at radius 1 is 1.00 bits per heavy atom. The number of nitrogens with zero attached hydrogens (tertiary/aromatic N) is 2. The summed E-state index contributed by atoms with van der Waals surface area (Å²) in [4.78, 5) is 16.4. The van der Waals surface area contributed by atoms with E-state index in [4.69, 9.17) is 21.1 Å². The number of carbonyl (C=O) groups excluding carboxylic acids is 1. The number of hydrogen-bond acceptors (Lipinski definition) is 4. The Morgan fingerprint density at radius 2 is 1.69 bits per heavy atom. The van der Waals surface area contributed by atoms with E-state index < -0.39 is 0 Å². The topological polar surface area (TPSA) is 54.0 Å². The minimum atomic E-state index is -0.107. The standard InChI is InChI=1S/C19H22ClN3O3/c1-25-16-7-8-18(26-2)17(13-16)22-9-11-23(12-10-22)19(24)21-15-5-3-14(20)4-6-15/h3-8,13H,9-12H2,1-2H3,(H,21,24). The second-order valence-corrected chi connectivity index (χ2v) is 6.39. The maximum Gasteiger partial charge on any atom is 0.321 e. The third kappa shape index (κ3) is 4.14. The Labute approximate surface area is 158 Å². The van der Waals surface area contributed by atoms with E-state index in [1.54, 1.807) is 43.4 Å². The molecule has 0 saturated carbocycles. The van der Waals surface area contributed by atoms with Crippen LogP contribution in [0.1, 0.15) is 0 Å². The first-order chi connectivity index (χ1) is 12.6. The molecular formula is C19H22ClN3O3. The van der Waals surface area contributed by atoms with E-state index in [0.717, 1.165) is 36.0 Å². The molecule has 7 heteroatoms. The van der Waals surface area contributed by atoms with Gasteiger partial charge in [0.15, 0.2) is 0 Å². The zero-order chi connectivity index (χ0) is 18.5. The molecule has 0 aliphatic carbocycles. The number of halogens is 1. The predicted octanol–water partition coefficient (Wildman–Crippen LogP) is 3.71. The number of carbonyl (C=O) groups is 1. The molecule has 1 aliphatic heterocycles. The van der Waals surface area contributed by atoms with Crippen molar-refractivity contribution in [2.24, 2.45) is 0 Å². The Balaban J connectivity index is 1.62. The fourth-order valence-corrected chi connectivity index (χ4v) is 3.06. The maximum absolute atomic E-state index is 12.4. The third-order valence-electron chi connectivity index (χ3n) is 4.39. The number of nitrogens with one attached hydrogen (secondary N) is 1. The summed E-state index contributed by atoms with van der Waals surface area (Å²) in [7, 11) is 3.30. The second-order valence-electron chi connectivity index (χ2n) is 5.95. The van der Waals surface area contributed by atoms with Crippen LogP contribution in [0.3, 0.4) is 0 Å². The lowest BCUT2D eigenvalue weighted by Gasteiger charge is -2.36. The van der Waals surface area contributed by atoms with Gasteiger partial charge >= 0.3 is 6.03 Å². The van der Waals surface area contributed by atoms with Gasteiger partial charge in [-0.2, -0.15) is 0 Å². The summed E-state index contributed by atoms with van der Waals surface area (Å²) in [5.74, 6) is 1.58. The van der Waals surface area contributed by atoms with Gasteiger partial charge < -0.3 is 24.6 Å². The van der Waals surface area contributed by atoms with E-state index in [1.165, 1.54) is 0 Å². The number of hydrogen-bond donors (Lipinski definition) is 1. The molecule has 1 saturated heterocycles. The van der Waals surface area contributed by atoms with E-state index in [0.29, 0.717) is 18.1 Å². The Hall–Kier alpha value is -2.60. The molecule has 2 amide bonds. The molecular weight excluding hydrogens is 354 g/mol. The van der Waals surface area contributed by atoms with E-state index in [2.05, 4.69) is 10.2 Å². The SMILES string of the molecule is COc1ccc(OC)c(N2CCN(C(=O)Nc3ccc(Cl)cc3)CC2)c1. The maximum atomic E-state index is 12.4. The van der Waals surface area contributed by atoms with Gasteiger partial charge in [-0.15, -0.1) is 0 Å². The number of methoxy groups -OCH3 is 2. The molecule has 2 aromatic rings. The molecule has 1 aliphatic rings. The third-order valence-corrected chi connectivity index (χ3v) is 4.64. The molecule has 1 heterocycles. The summed E-state index contributed by atoms with van der Waals surface area (Å²) in [6, 6.07) is 12.7. The van der Waals surface area contributed by atoms with Crippen molar-refractivity contribution in [3.63, 3.8) is 0 Å². The fraction of sp³-hybridized carbons (Fsp3) is 0.316. The van der Waals surface area contributed by atoms with E-state index in [-0.39, 0.29) is 6.03 Å². The molecule has 26 heavy (non-hydrogen) atoms. The zero-order valence-electron chi connectivity index (χ0n) is 14.9. The van der Waals surface area contributed by atoms with Crippen LogP contribution in [0.25, 0.3) is 0 Å². The average molecular weight is 376 g/mol. The summed E-state index contributed by atoms with van der Waals surface area (Å²) >= 11 is 5.87. The summed E-state index contributed by atoms with van der Waals surface area (Å²) < 4.78 is 10.8. The number of amides is 2. The van der Waals surface area contributed by atoms with Gasteiger partial charge in [0.1, 0.15) is 11.5 Å². The van der Waals surface area contributed by atoms with Crippen molar-refractivity contribution < 1.29 is 14.3 Å². The summed E-state index contributed by atoms with van der Waals surface area (Å²) in [5.41, 5.74) is 1.71. The van der Waals surface area contributed by atoms with Crippen molar-refractivity contribution in [1.29, 1.82) is 0 Å². The highest BCUT2D eigenvalue weighted by molar-refractivity contribution is 6.30. The minimum absolute atomic E-state index is 0.107. The van der Waals surface area contributed by atoms with Crippen LogP contribution < -0.4 is 19.7 Å². The van der Waals surface area contributed by atoms with Crippen LogP contribution >= 0.6 is 11.6 Å². The van der Waals surface area contributed by atoms with Gasteiger partial charge in [0.05, 0.1) is 19.9 Å². The molecule has 0 unspecified atom stereocenters. The van der Waals surface area contributed by atoms with Crippen molar-refractivity contribution in [3.8, 4) is 11.5 Å². The van der Waals surface area contributed by atoms with Crippen molar-refractivity contribution in [2.75, 3.05) is 50.6 Å². The smallest absolute Gasteiger partial charge is 0.321 e. The van der Waals surface area contributed by atoms with Crippen molar-refractivity contribution in [3.05, 3.63) is 47.5 Å². The van der Waals surface area contributed by atoms with Gasteiger partial charge in [-0.3, -0.25) is 0 Å². The van der Waals surface area contributed by atoms with E-state index >= 15 is 0 Å². The molecule has 0 spiro atoms. The first kappa shape index (κ1) is 18.2. The molecule has 0 radical (unpaired) electrons. The molecule has 0 bridgehead atoms. The fourth-order valence-electron chi connectivity index (χ4n) is 2.93. The van der Waals surface area contributed by atoms with Gasteiger partial charge in [0.2, 0.25) is 0 Å². The molecule has 1 N–H and O–H groups in total. The molecule has 0 atom stereocenters. The largest absolute Gasteiger partial charge is 0.497 e. The highest BCUT2D eigenvalue weighted by atomic mass is 35.5. The molecule has 1 fully saturated rings. The minimum Gasteiger partial charge on any atom is -0.497 e. The lowest BCUT2D eigenvalue weighted by atomic mass is 10.2. The van der Waals surface area contributed by atoms with Gasteiger partial charge in [0, 0.05) is 43.0 Å². The van der Waals surface area contributed by atoms with Gasteiger partial charge in [0.25, 0.3) is 0 Å². The highest BCUT2D eigenvalue weighted by Crippen LogP contribution is 2.32. The van der Waals surface area contributed by atoms with Crippen molar-refractivity contribution >= 4 is 29.0 Å². The quantitative estimate of drug-likeness (QED) is 0.885. The molecule has 6 nitrogen and oxygen atoms in total.